The van der Waals surface area contributed by atoms with E-state index < -0.39 is 0 Å². The summed E-state index contributed by atoms with van der Waals surface area (Å²) in [5.41, 5.74) is 1.71. The standard InChI is InChI=1S/C11H11N3O2/c1-16-11(15)8-14-7-9(6-13-14)10-4-2-3-5-12-10/h2-7H,8H2,1H3. The second kappa shape index (κ2) is 4.57. The number of ether oxygens (including phenoxy) is 1. The number of nitrogens with zero attached hydrogens (tertiary/aromatic N) is 3. The van der Waals surface area contributed by atoms with Gasteiger partial charge in [0.05, 0.1) is 19.0 Å². The van der Waals surface area contributed by atoms with E-state index in [0.29, 0.717) is 0 Å². The third-order valence-electron chi connectivity index (χ3n) is 2.11. The molecule has 0 aliphatic carbocycles. The number of hydrogen-bond acceptors (Lipinski definition) is 4. The van der Waals surface area contributed by atoms with Crippen LogP contribution in [0.25, 0.3) is 11.3 Å². The van der Waals surface area contributed by atoms with Crippen LogP contribution in [-0.4, -0.2) is 27.8 Å². The van der Waals surface area contributed by atoms with Crippen LogP contribution in [0.4, 0.5) is 0 Å². The predicted molar refractivity (Wildman–Crippen MR) is 57.5 cm³/mol. The molecule has 0 aromatic carbocycles. The quantitative estimate of drug-likeness (QED) is 0.723. The minimum absolute atomic E-state index is 0.114. The average Bonchev–Trinajstić information content (AvgIpc) is 2.78. The van der Waals surface area contributed by atoms with E-state index in [1.54, 1.807) is 18.6 Å². The van der Waals surface area contributed by atoms with Gasteiger partial charge in [0.15, 0.2) is 0 Å². The van der Waals surface area contributed by atoms with Crippen LogP contribution >= 0.6 is 0 Å². The number of carbonyl (C=O) groups is 1. The van der Waals surface area contributed by atoms with E-state index in [1.165, 1.54) is 11.8 Å². The van der Waals surface area contributed by atoms with Crippen molar-refractivity contribution in [3.63, 3.8) is 0 Å². The van der Waals surface area contributed by atoms with Gasteiger partial charge in [-0.15, -0.1) is 0 Å². The summed E-state index contributed by atoms with van der Waals surface area (Å²) in [5.74, 6) is -0.323. The van der Waals surface area contributed by atoms with Crippen LogP contribution in [0.15, 0.2) is 36.8 Å². The number of rotatable bonds is 3. The molecule has 0 fully saturated rings. The van der Waals surface area contributed by atoms with Gasteiger partial charge in [-0.2, -0.15) is 5.10 Å². The maximum Gasteiger partial charge on any atom is 0.327 e. The zero-order valence-electron chi connectivity index (χ0n) is 8.83. The van der Waals surface area contributed by atoms with Crippen molar-refractivity contribution in [3.8, 4) is 11.3 Å². The maximum atomic E-state index is 11.0. The van der Waals surface area contributed by atoms with Gasteiger partial charge >= 0.3 is 5.97 Å². The molecule has 0 bridgehead atoms. The SMILES string of the molecule is COC(=O)Cn1cc(-c2ccccn2)cn1. The fourth-order valence-corrected chi connectivity index (χ4v) is 1.31. The molecule has 2 rings (SSSR count). The Kier molecular flexibility index (Phi) is 2.95. The first-order valence-electron chi connectivity index (χ1n) is 4.80. The van der Waals surface area contributed by atoms with E-state index in [9.17, 15) is 4.79 Å². The van der Waals surface area contributed by atoms with Crippen LogP contribution in [0.2, 0.25) is 0 Å². The molecule has 0 atom stereocenters. The largest absolute Gasteiger partial charge is 0.468 e. The van der Waals surface area contributed by atoms with Gasteiger partial charge in [-0.25, -0.2) is 0 Å². The molecule has 5 nitrogen and oxygen atoms in total. The summed E-state index contributed by atoms with van der Waals surface area (Å²) in [6, 6.07) is 5.64. The normalized spacial score (nSPS) is 10.1. The Hall–Kier alpha value is -2.17. The van der Waals surface area contributed by atoms with Crippen molar-refractivity contribution in [2.24, 2.45) is 0 Å². The summed E-state index contributed by atoms with van der Waals surface area (Å²) in [4.78, 5) is 15.2. The summed E-state index contributed by atoms with van der Waals surface area (Å²) in [7, 11) is 1.35. The van der Waals surface area contributed by atoms with Crippen LogP contribution in [0.3, 0.4) is 0 Å². The lowest BCUT2D eigenvalue weighted by Crippen LogP contribution is -2.11. The molecule has 2 heterocycles. The Balaban J connectivity index is 2.17. The van der Waals surface area contributed by atoms with Crippen molar-refractivity contribution < 1.29 is 9.53 Å². The average molecular weight is 217 g/mol. The number of carbonyl (C=O) groups excluding carboxylic acids is 1. The molecule has 2 aromatic heterocycles. The Morgan fingerprint density at radius 2 is 2.38 bits per heavy atom. The molecule has 0 aliphatic rings. The molecule has 0 aliphatic heterocycles. The Morgan fingerprint density at radius 1 is 1.50 bits per heavy atom. The number of pyridine rings is 1. The minimum atomic E-state index is -0.323. The monoisotopic (exact) mass is 217 g/mol. The van der Waals surface area contributed by atoms with Crippen LogP contribution in [-0.2, 0) is 16.1 Å². The lowest BCUT2D eigenvalue weighted by molar-refractivity contribution is -0.141. The predicted octanol–water partition coefficient (Wildman–Crippen LogP) is 1.12. The fourth-order valence-electron chi connectivity index (χ4n) is 1.31. The first kappa shape index (κ1) is 10.4. The molecule has 16 heavy (non-hydrogen) atoms. The van der Waals surface area contributed by atoms with Crippen LogP contribution in [0, 0.1) is 0 Å². The third kappa shape index (κ3) is 2.25. The fraction of sp³-hybridized carbons (Fsp3) is 0.182. The highest BCUT2D eigenvalue weighted by Crippen LogP contribution is 2.14. The molecule has 0 amide bonds. The van der Waals surface area contributed by atoms with Crippen molar-refractivity contribution >= 4 is 5.97 Å². The van der Waals surface area contributed by atoms with Crippen LogP contribution in [0.5, 0.6) is 0 Å². The summed E-state index contributed by atoms with van der Waals surface area (Å²) in [6.07, 6.45) is 5.15. The molecule has 82 valence electrons. The maximum absolute atomic E-state index is 11.0. The van der Waals surface area contributed by atoms with Gasteiger partial charge in [-0.1, -0.05) is 6.07 Å². The summed E-state index contributed by atoms with van der Waals surface area (Å²) < 4.78 is 6.08. The van der Waals surface area contributed by atoms with Crippen molar-refractivity contribution in [2.45, 2.75) is 6.54 Å². The molecular weight excluding hydrogens is 206 g/mol. The number of aromatic nitrogens is 3. The molecule has 0 radical (unpaired) electrons. The molecule has 0 saturated carbocycles. The van der Waals surface area contributed by atoms with Crippen molar-refractivity contribution in [1.82, 2.24) is 14.8 Å². The van der Waals surface area contributed by atoms with E-state index in [0.717, 1.165) is 11.3 Å². The first-order chi connectivity index (χ1) is 7.79. The van der Waals surface area contributed by atoms with E-state index in [4.69, 9.17) is 0 Å². The van der Waals surface area contributed by atoms with Gasteiger partial charge in [-0.3, -0.25) is 14.5 Å². The van der Waals surface area contributed by atoms with Gasteiger partial charge in [0.1, 0.15) is 6.54 Å². The van der Waals surface area contributed by atoms with E-state index in [1.807, 2.05) is 18.2 Å². The van der Waals surface area contributed by atoms with Crippen molar-refractivity contribution in [3.05, 3.63) is 36.8 Å². The lowest BCUT2D eigenvalue weighted by atomic mass is 10.2. The molecule has 5 heteroatoms. The third-order valence-corrected chi connectivity index (χ3v) is 2.11. The topological polar surface area (TPSA) is 57.0 Å². The van der Waals surface area contributed by atoms with Crippen molar-refractivity contribution in [1.29, 1.82) is 0 Å². The zero-order valence-corrected chi connectivity index (χ0v) is 8.83. The zero-order chi connectivity index (χ0) is 11.4. The smallest absolute Gasteiger partial charge is 0.327 e. The molecule has 0 unspecified atom stereocenters. The minimum Gasteiger partial charge on any atom is -0.468 e. The van der Waals surface area contributed by atoms with Crippen LogP contribution in [0.1, 0.15) is 0 Å². The summed E-state index contributed by atoms with van der Waals surface area (Å²) >= 11 is 0. The summed E-state index contributed by atoms with van der Waals surface area (Å²) in [5, 5.41) is 4.06. The Morgan fingerprint density at radius 3 is 3.06 bits per heavy atom. The molecule has 0 spiro atoms. The Bertz CT molecular complexity index is 479. The number of esters is 1. The highest BCUT2D eigenvalue weighted by molar-refractivity contribution is 5.69. The van der Waals surface area contributed by atoms with Gasteiger partial charge in [0.2, 0.25) is 0 Å². The van der Waals surface area contributed by atoms with Gasteiger partial charge in [-0.05, 0) is 12.1 Å². The molecule has 0 N–H and O–H groups in total. The second-order valence-electron chi connectivity index (χ2n) is 3.22. The summed E-state index contributed by atoms with van der Waals surface area (Å²) in [6.45, 7) is 0.114. The van der Waals surface area contributed by atoms with E-state index in [2.05, 4.69) is 14.8 Å². The second-order valence-corrected chi connectivity index (χ2v) is 3.22. The lowest BCUT2D eigenvalue weighted by Gasteiger charge is -1.98. The number of methoxy groups -OCH3 is 1. The first-order valence-corrected chi connectivity index (χ1v) is 4.80. The highest BCUT2D eigenvalue weighted by Gasteiger charge is 2.05. The van der Waals surface area contributed by atoms with E-state index in [-0.39, 0.29) is 12.5 Å². The van der Waals surface area contributed by atoms with E-state index >= 15 is 0 Å². The molecule has 2 aromatic rings. The van der Waals surface area contributed by atoms with Crippen molar-refractivity contribution in [2.75, 3.05) is 7.11 Å². The van der Waals surface area contributed by atoms with Gasteiger partial charge in [0, 0.05) is 18.0 Å². The molecule has 0 saturated heterocycles. The number of hydrogen-bond donors (Lipinski definition) is 0. The van der Waals surface area contributed by atoms with Gasteiger partial charge < -0.3 is 4.74 Å². The van der Waals surface area contributed by atoms with Gasteiger partial charge in [0.25, 0.3) is 0 Å². The highest BCUT2D eigenvalue weighted by atomic mass is 16.5. The molecular formula is C11H11N3O2. The Labute approximate surface area is 92.7 Å². The van der Waals surface area contributed by atoms with Crippen LogP contribution < -0.4 is 0 Å².